The lowest BCUT2D eigenvalue weighted by atomic mass is 10.1. The van der Waals surface area contributed by atoms with E-state index in [-0.39, 0.29) is 18.6 Å². The summed E-state index contributed by atoms with van der Waals surface area (Å²) in [4.78, 5) is 21.7. The van der Waals surface area contributed by atoms with Gasteiger partial charge in [0.25, 0.3) is 0 Å². The van der Waals surface area contributed by atoms with Crippen LogP contribution in [0.4, 0.5) is 0 Å². The Kier molecular flexibility index (Phi) is 3.81. The van der Waals surface area contributed by atoms with Crippen molar-refractivity contribution in [3.05, 3.63) is 0 Å². The first-order valence-electron chi connectivity index (χ1n) is 5.45. The van der Waals surface area contributed by atoms with Crippen molar-refractivity contribution in [1.29, 1.82) is 0 Å². The molecule has 1 aliphatic rings. The van der Waals surface area contributed by atoms with Crippen molar-refractivity contribution < 1.29 is 23.1 Å². The molecule has 98 valence electrons. The third kappa shape index (κ3) is 3.42. The van der Waals surface area contributed by atoms with Crippen LogP contribution in [-0.2, 0) is 19.4 Å². The van der Waals surface area contributed by atoms with Gasteiger partial charge in [0.2, 0.25) is 5.91 Å². The average molecular weight is 263 g/mol. The normalized spacial score (nSPS) is 19.6. The van der Waals surface area contributed by atoms with Gasteiger partial charge in [-0.3, -0.25) is 9.59 Å². The van der Waals surface area contributed by atoms with E-state index in [1.165, 1.54) is 0 Å². The second kappa shape index (κ2) is 4.64. The number of hydrogen-bond donors (Lipinski definition) is 2. The van der Waals surface area contributed by atoms with Crippen molar-refractivity contribution in [3.8, 4) is 0 Å². The zero-order valence-electron chi connectivity index (χ0n) is 9.68. The van der Waals surface area contributed by atoms with Gasteiger partial charge in [0, 0.05) is 0 Å². The van der Waals surface area contributed by atoms with Crippen molar-refractivity contribution in [1.82, 2.24) is 0 Å². The zero-order valence-corrected chi connectivity index (χ0v) is 10.5. The van der Waals surface area contributed by atoms with Gasteiger partial charge in [-0.2, -0.15) is 0 Å². The van der Waals surface area contributed by atoms with Crippen LogP contribution in [0.3, 0.4) is 0 Å². The van der Waals surface area contributed by atoms with Gasteiger partial charge < -0.3 is 10.8 Å². The van der Waals surface area contributed by atoms with E-state index in [1.807, 2.05) is 0 Å². The van der Waals surface area contributed by atoms with E-state index >= 15 is 0 Å². The lowest BCUT2D eigenvalue weighted by Crippen LogP contribution is -2.39. The first-order chi connectivity index (χ1) is 7.72. The van der Waals surface area contributed by atoms with Crippen LogP contribution in [0.1, 0.15) is 32.6 Å². The van der Waals surface area contributed by atoms with E-state index in [0.717, 1.165) is 0 Å². The number of amides is 1. The smallest absolute Gasteiger partial charge is 0.303 e. The Morgan fingerprint density at radius 2 is 1.94 bits per heavy atom. The molecule has 1 rings (SSSR count). The number of sulfone groups is 1. The highest BCUT2D eigenvalue weighted by Gasteiger charge is 2.49. The van der Waals surface area contributed by atoms with Crippen molar-refractivity contribution >= 4 is 21.7 Å². The molecule has 0 heterocycles. The fourth-order valence-electron chi connectivity index (χ4n) is 2.03. The zero-order chi connectivity index (χ0) is 13.3. The van der Waals surface area contributed by atoms with E-state index < -0.39 is 32.4 Å². The van der Waals surface area contributed by atoms with Crippen molar-refractivity contribution in [2.45, 2.75) is 37.9 Å². The summed E-state index contributed by atoms with van der Waals surface area (Å²) in [6.07, 6.45) is 1.11. The Balaban J connectivity index is 2.79. The monoisotopic (exact) mass is 263 g/mol. The highest BCUT2D eigenvalue weighted by Crippen LogP contribution is 2.50. The molecule has 0 aromatic heterocycles. The molecule has 0 saturated heterocycles. The van der Waals surface area contributed by atoms with Gasteiger partial charge in [-0.15, -0.1) is 0 Å². The number of primary amides is 1. The number of carboxylic acid groups (broad SMARTS) is 1. The molecule has 1 saturated carbocycles. The molecule has 0 aromatic rings. The molecule has 1 atom stereocenters. The Bertz CT molecular complexity index is 424. The minimum absolute atomic E-state index is 0.126. The van der Waals surface area contributed by atoms with Gasteiger partial charge in [-0.25, -0.2) is 8.42 Å². The van der Waals surface area contributed by atoms with Gasteiger partial charge in [0.05, 0.1) is 12.2 Å². The molecule has 1 aliphatic carbocycles. The van der Waals surface area contributed by atoms with E-state index in [1.54, 1.807) is 6.92 Å². The fourth-order valence-corrected chi connectivity index (χ4v) is 4.34. The molecule has 7 heteroatoms. The number of aliphatic carboxylic acids is 1. The van der Waals surface area contributed by atoms with Crippen molar-refractivity contribution in [3.63, 3.8) is 0 Å². The summed E-state index contributed by atoms with van der Waals surface area (Å²) in [6, 6.07) is 0. The van der Waals surface area contributed by atoms with Gasteiger partial charge >= 0.3 is 5.97 Å². The Labute approximate surface area is 100 Å². The molecule has 3 N–H and O–H groups in total. The maximum absolute atomic E-state index is 11.9. The van der Waals surface area contributed by atoms with Gasteiger partial charge in [0.15, 0.2) is 9.84 Å². The number of carbonyl (C=O) groups is 2. The Hall–Kier alpha value is -1.11. The van der Waals surface area contributed by atoms with Crippen molar-refractivity contribution in [2.24, 2.45) is 11.1 Å². The lowest BCUT2D eigenvalue weighted by molar-refractivity contribution is -0.138. The quantitative estimate of drug-likeness (QED) is 0.666. The van der Waals surface area contributed by atoms with Crippen LogP contribution < -0.4 is 5.73 Å². The molecule has 1 unspecified atom stereocenters. The molecular weight excluding hydrogens is 246 g/mol. The maximum atomic E-state index is 11.9. The van der Waals surface area contributed by atoms with Gasteiger partial charge in [0.1, 0.15) is 5.25 Å². The van der Waals surface area contributed by atoms with E-state index in [0.29, 0.717) is 12.8 Å². The number of carboxylic acids is 1. The van der Waals surface area contributed by atoms with E-state index in [9.17, 15) is 18.0 Å². The van der Waals surface area contributed by atoms with Crippen LogP contribution in [0.25, 0.3) is 0 Å². The highest BCUT2D eigenvalue weighted by atomic mass is 32.2. The third-order valence-corrected chi connectivity index (χ3v) is 5.56. The third-order valence-electron chi connectivity index (χ3n) is 3.11. The summed E-state index contributed by atoms with van der Waals surface area (Å²) in [7, 11) is -3.65. The average Bonchev–Trinajstić information content (AvgIpc) is 2.81. The molecule has 0 spiro atoms. The van der Waals surface area contributed by atoms with E-state index in [2.05, 4.69) is 0 Å². The second-order valence-corrected chi connectivity index (χ2v) is 6.86. The first kappa shape index (κ1) is 14.0. The summed E-state index contributed by atoms with van der Waals surface area (Å²) in [5.41, 5.74) is 4.37. The first-order valence-corrected chi connectivity index (χ1v) is 7.17. The van der Waals surface area contributed by atoms with Crippen LogP contribution in [0.5, 0.6) is 0 Å². The summed E-state index contributed by atoms with van der Waals surface area (Å²) in [6.45, 7) is 1.57. The van der Waals surface area contributed by atoms with Crippen LogP contribution >= 0.6 is 0 Å². The van der Waals surface area contributed by atoms with Crippen LogP contribution in [0.15, 0.2) is 0 Å². The predicted octanol–water partition coefficient (Wildman–Crippen LogP) is -0.0800. The molecular formula is C10H17NO5S. The fraction of sp³-hybridized carbons (Fsp3) is 0.800. The number of nitrogens with two attached hydrogens (primary N) is 1. The molecule has 0 aliphatic heterocycles. The largest absolute Gasteiger partial charge is 0.481 e. The summed E-state index contributed by atoms with van der Waals surface area (Å²) < 4.78 is 23.9. The number of hydrogen-bond acceptors (Lipinski definition) is 4. The van der Waals surface area contributed by atoms with Gasteiger partial charge in [-0.05, 0) is 24.7 Å². The molecule has 0 aromatic carbocycles. The predicted molar refractivity (Wildman–Crippen MR) is 61.0 cm³/mol. The van der Waals surface area contributed by atoms with Crippen LogP contribution in [0.2, 0.25) is 0 Å². The number of rotatable bonds is 7. The molecule has 1 amide bonds. The Morgan fingerprint density at radius 3 is 2.24 bits per heavy atom. The summed E-state index contributed by atoms with van der Waals surface area (Å²) in [5.74, 6) is -2.13. The standard InChI is InChI=1S/C10H17NO5S/c1-2-7(9(11)14)17(15,16)6-10(3-4-10)5-8(12)13/h7H,2-6H2,1H3,(H2,11,14)(H,12,13). The number of carbonyl (C=O) groups excluding carboxylic acids is 1. The van der Waals surface area contributed by atoms with Crippen LogP contribution in [0, 0.1) is 5.41 Å². The lowest BCUT2D eigenvalue weighted by Gasteiger charge is -2.17. The summed E-state index contributed by atoms with van der Waals surface area (Å²) >= 11 is 0. The minimum Gasteiger partial charge on any atom is -0.481 e. The summed E-state index contributed by atoms with van der Waals surface area (Å²) in [5, 5.41) is 7.50. The SMILES string of the molecule is CCC(C(N)=O)S(=O)(=O)CC1(CC(=O)O)CC1. The Morgan fingerprint density at radius 1 is 1.41 bits per heavy atom. The molecule has 1 fully saturated rings. The highest BCUT2D eigenvalue weighted by molar-refractivity contribution is 7.92. The van der Waals surface area contributed by atoms with Crippen LogP contribution in [-0.4, -0.2) is 36.4 Å². The maximum Gasteiger partial charge on any atom is 0.303 e. The minimum atomic E-state index is -3.65. The van der Waals surface area contributed by atoms with Crippen molar-refractivity contribution in [2.75, 3.05) is 5.75 Å². The topological polar surface area (TPSA) is 115 Å². The van der Waals surface area contributed by atoms with Gasteiger partial charge in [-0.1, -0.05) is 6.92 Å². The molecule has 0 radical (unpaired) electrons. The van der Waals surface area contributed by atoms with E-state index in [4.69, 9.17) is 10.8 Å². The second-order valence-electron chi connectivity index (χ2n) is 4.68. The molecule has 17 heavy (non-hydrogen) atoms. The molecule has 6 nitrogen and oxygen atoms in total. The molecule has 0 bridgehead atoms.